The fourth-order valence-electron chi connectivity index (χ4n) is 4.56. The van der Waals surface area contributed by atoms with E-state index in [4.69, 9.17) is 4.74 Å². The molecule has 1 aromatic heterocycles. The fraction of sp³-hybridized carbons (Fsp3) is 0.688. The molecule has 4 rings (SSSR count). The molecule has 4 heteroatoms. The van der Waals surface area contributed by atoms with Gasteiger partial charge < -0.3 is 15.0 Å². The third-order valence-electron chi connectivity index (χ3n) is 5.52. The number of rotatable bonds is 3. The molecule has 1 saturated heterocycles. The highest BCUT2D eigenvalue weighted by atomic mass is 16.5. The minimum absolute atomic E-state index is 0.0355. The zero-order chi connectivity index (χ0) is 13.5. The Kier molecular flexibility index (Phi) is 3.06. The number of H-pyrrole nitrogens is 1. The van der Waals surface area contributed by atoms with Gasteiger partial charge in [-0.15, -0.1) is 0 Å². The molecule has 2 aliphatic carbocycles. The maximum atomic E-state index is 12.3. The van der Waals surface area contributed by atoms with E-state index in [1.807, 2.05) is 12.1 Å². The van der Waals surface area contributed by atoms with E-state index in [1.165, 1.54) is 25.7 Å². The number of amides is 1. The lowest BCUT2D eigenvalue weighted by Crippen LogP contribution is -2.63. The summed E-state index contributed by atoms with van der Waals surface area (Å²) in [6.07, 6.45) is 8.62. The van der Waals surface area contributed by atoms with Crippen molar-refractivity contribution in [3.63, 3.8) is 0 Å². The number of aromatic amines is 1. The van der Waals surface area contributed by atoms with Crippen LogP contribution in [0.25, 0.3) is 0 Å². The molecule has 0 spiro atoms. The van der Waals surface area contributed by atoms with Crippen molar-refractivity contribution in [3.8, 4) is 0 Å². The Morgan fingerprint density at radius 1 is 1.30 bits per heavy atom. The van der Waals surface area contributed by atoms with Crippen LogP contribution < -0.4 is 5.32 Å². The van der Waals surface area contributed by atoms with Crippen molar-refractivity contribution in [2.75, 3.05) is 6.61 Å². The number of carbonyl (C=O) groups excluding carboxylic acids is 1. The first-order valence-corrected chi connectivity index (χ1v) is 7.90. The SMILES string of the molecule is O=C(N[C@H]1[C@H]2CCO[C@H]2[C@H]1C1CCCC1)c1ccc[nH]1. The van der Waals surface area contributed by atoms with E-state index < -0.39 is 0 Å². The molecule has 2 heterocycles. The summed E-state index contributed by atoms with van der Waals surface area (Å²) >= 11 is 0. The maximum Gasteiger partial charge on any atom is 0.267 e. The molecule has 3 fully saturated rings. The van der Waals surface area contributed by atoms with E-state index in [-0.39, 0.29) is 5.91 Å². The van der Waals surface area contributed by atoms with Crippen molar-refractivity contribution >= 4 is 5.91 Å². The van der Waals surface area contributed by atoms with E-state index in [0.717, 1.165) is 18.9 Å². The van der Waals surface area contributed by atoms with Crippen molar-refractivity contribution in [3.05, 3.63) is 24.0 Å². The van der Waals surface area contributed by atoms with Crippen LogP contribution in [0.2, 0.25) is 0 Å². The average Bonchev–Trinajstić information content (AvgIpc) is 3.18. The molecule has 4 nitrogen and oxygen atoms in total. The lowest BCUT2D eigenvalue weighted by molar-refractivity contribution is -0.0784. The molecule has 2 saturated carbocycles. The first-order chi connectivity index (χ1) is 9.84. The molecule has 1 amide bonds. The van der Waals surface area contributed by atoms with Crippen LogP contribution in [0.3, 0.4) is 0 Å². The number of fused-ring (bicyclic) bond motifs is 1. The number of nitrogens with one attached hydrogen (secondary N) is 2. The molecule has 2 N–H and O–H groups in total. The van der Waals surface area contributed by atoms with Crippen LogP contribution >= 0.6 is 0 Å². The largest absolute Gasteiger partial charge is 0.377 e. The maximum absolute atomic E-state index is 12.3. The second-order valence-electron chi connectivity index (χ2n) is 6.49. The molecule has 4 atom stereocenters. The number of carbonyl (C=O) groups is 1. The van der Waals surface area contributed by atoms with Crippen LogP contribution in [0.1, 0.15) is 42.6 Å². The number of hydrogen-bond acceptors (Lipinski definition) is 2. The predicted molar refractivity (Wildman–Crippen MR) is 75.3 cm³/mol. The Labute approximate surface area is 119 Å². The second-order valence-corrected chi connectivity index (χ2v) is 6.49. The minimum Gasteiger partial charge on any atom is -0.377 e. The minimum atomic E-state index is 0.0355. The Bertz CT molecular complexity index is 474. The van der Waals surface area contributed by atoms with Crippen LogP contribution in [0, 0.1) is 17.8 Å². The Morgan fingerprint density at radius 2 is 2.15 bits per heavy atom. The molecule has 1 aliphatic heterocycles. The predicted octanol–water partition coefficient (Wildman–Crippen LogP) is 2.34. The van der Waals surface area contributed by atoms with Gasteiger partial charge in [-0.1, -0.05) is 25.7 Å². The topological polar surface area (TPSA) is 54.1 Å². The summed E-state index contributed by atoms with van der Waals surface area (Å²) in [5.41, 5.74) is 0.664. The van der Waals surface area contributed by atoms with Gasteiger partial charge in [-0.3, -0.25) is 4.79 Å². The van der Waals surface area contributed by atoms with E-state index in [9.17, 15) is 4.79 Å². The normalized spacial score (nSPS) is 36.6. The van der Waals surface area contributed by atoms with E-state index in [2.05, 4.69) is 10.3 Å². The van der Waals surface area contributed by atoms with Gasteiger partial charge in [-0.05, 0) is 24.5 Å². The third-order valence-corrected chi connectivity index (χ3v) is 5.52. The average molecular weight is 274 g/mol. The molecular formula is C16H22N2O2. The Hall–Kier alpha value is -1.29. The smallest absolute Gasteiger partial charge is 0.267 e. The van der Waals surface area contributed by atoms with Gasteiger partial charge in [0.1, 0.15) is 5.69 Å². The fourth-order valence-corrected chi connectivity index (χ4v) is 4.56. The van der Waals surface area contributed by atoms with Gasteiger partial charge in [-0.25, -0.2) is 0 Å². The van der Waals surface area contributed by atoms with Crippen molar-refractivity contribution < 1.29 is 9.53 Å². The molecule has 108 valence electrons. The molecule has 3 aliphatic rings. The first kappa shape index (κ1) is 12.5. The van der Waals surface area contributed by atoms with E-state index in [1.54, 1.807) is 6.20 Å². The van der Waals surface area contributed by atoms with Crippen LogP contribution in [0.5, 0.6) is 0 Å². The summed E-state index contributed by atoms with van der Waals surface area (Å²) in [4.78, 5) is 15.3. The third kappa shape index (κ3) is 1.89. The number of aromatic nitrogens is 1. The Morgan fingerprint density at radius 3 is 2.90 bits per heavy atom. The lowest BCUT2D eigenvalue weighted by Gasteiger charge is -2.50. The lowest BCUT2D eigenvalue weighted by atomic mass is 9.61. The van der Waals surface area contributed by atoms with Gasteiger partial charge in [0.2, 0.25) is 0 Å². The van der Waals surface area contributed by atoms with Crippen molar-refractivity contribution in [2.45, 2.75) is 44.2 Å². The van der Waals surface area contributed by atoms with Gasteiger partial charge >= 0.3 is 0 Å². The summed E-state index contributed by atoms with van der Waals surface area (Å²) in [6.45, 7) is 0.868. The van der Waals surface area contributed by atoms with Gasteiger partial charge in [0.05, 0.1) is 6.10 Å². The standard InChI is InChI=1S/C16H22N2O2/c19-16(12-6-3-8-17-12)18-14-11-7-9-20-15(11)13(14)10-4-1-2-5-10/h3,6,8,10-11,13-15,17H,1-2,4-5,7,9H2,(H,18,19)/t11-,13+,14+,15-/m1/s1. The van der Waals surface area contributed by atoms with Gasteiger partial charge in [0.15, 0.2) is 0 Å². The van der Waals surface area contributed by atoms with Gasteiger partial charge in [-0.2, -0.15) is 0 Å². The van der Waals surface area contributed by atoms with Crippen molar-refractivity contribution in [2.24, 2.45) is 17.8 Å². The quantitative estimate of drug-likeness (QED) is 0.889. The zero-order valence-electron chi connectivity index (χ0n) is 11.7. The molecule has 0 bridgehead atoms. The van der Waals surface area contributed by atoms with E-state index in [0.29, 0.717) is 29.7 Å². The van der Waals surface area contributed by atoms with Crippen molar-refractivity contribution in [1.82, 2.24) is 10.3 Å². The van der Waals surface area contributed by atoms with E-state index >= 15 is 0 Å². The molecule has 0 radical (unpaired) electrons. The van der Waals surface area contributed by atoms with Gasteiger partial charge in [0.25, 0.3) is 5.91 Å². The van der Waals surface area contributed by atoms with Gasteiger partial charge in [0, 0.05) is 30.7 Å². The second kappa shape index (κ2) is 4.92. The van der Waals surface area contributed by atoms with Crippen LogP contribution in [0.4, 0.5) is 0 Å². The van der Waals surface area contributed by atoms with Crippen molar-refractivity contribution in [1.29, 1.82) is 0 Å². The summed E-state index contributed by atoms with van der Waals surface area (Å²) in [5.74, 6) is 1.88. The first-order valence-electron chi connectivity index (χ1n) is 7.90. The highest BCUT2D eigenvalue weighted by Gasteiger charge is 2.57. The summed E-state index contributed by atoms with van der Waals surface area (Å²) in [5, 5.41) is 3.27. The summed E-state index contributed by atoms with van der Waals surface area (Å²) in [6, 6.07) is 4.02. The monoisotopic (exact) mass is 274 g/mol. The molecule has 0 unspecified atom stereocenters. The summed E-state index contributed by atoms with van der Waals surface area (Å²) < 4.78 is 5.92. The van der Waals surface area contributed by atoms with Crippen LogP contribution in [0.15, 0.2) is 18.3 Å². The van der Waals surface area contributed by atoms with Crippen LogP contribution in [-0.2, 0) is 4.74 Å². The number of hydrogen-bond donors (Lipinski definition) is 2. The Balaban J connectivity index is 1.48. The highest BCUT2D eigenvalue weighted by molar-refractivity contribution is 5.92. The highest BCUT2D eigenvalue weighted by Crippen LogP contribution is 2.51. The summed E-state index contributed by atoms with van der Waals surface area (Å²) in [7, 11) is 0. The zero-order valence-corrected chi connectivity index (χ0v) is 11.7. The molecule has 1 aromatic rings. The van der Waals surface area contributed by atoms with Crippen LogP contribution in [-0.4, -0.2) is 29.6 Å². The molecule has 0 aromatic carbocycles. The molecule has 20 heavy (non-hydrogen) atoms. The molecular weight excluding hydrogens is 252 g/mol. The number of ether oxygens (including phenoxy) is 1.